The van der Waals surface area contributed by atoms with Crippen LogP contribution >= 0.6 is 0 Å². The molecule has 0 saturated carbocycles. The van der Waals surface area contributed by atoms with Crippen molar-refractivity contribution in [3.8, 4) is 17.2 Å². The van der Waals surface area contributed by atoms with Gasteiger partial charge in [-0.05, 0) is 54.1 Å². The molecular formula is C30H25N3O4. The highest BCUT2D eigenvalue weighted by molar-refractivity contribution is 5.95. The predicted molar refractivity (Wildman–Crippen MR) is 142 cm³/mol. The molecular weight excluding hydrogens is 466 g/mol. The van der Waals surface area contributed by atoms with Gasteiger partial charge < -0.3 is 24.0 Å². The first-order valence-electron chi connectivity index (χ1n) is 12.1. The van der Waals surface area contributed by atoms with Gasteiger partial charge in [0.25, 0.3) is 0 Å². The molecule has 0 radical (unpaired) electrons. The number of rotatable bonds is 8. The van der Waals surface area contributed by atoms with Crippen LogP contribution in [0.15, 0.2) is 104 Å². The zero-order valence-electron chi connectivity index (χ0n) is 20.0. The van der Waals surface area contributed by atoms with Crippen molar-refractivity contribution in [2.24, 2.45) is 0 Å². The average Bonchev–Trinajstić information content (AvgIpc) is 3.44. The highest BCUT2D eigenvalue weighted by Crippen LogP contribution is 2.32. The van der Waals surface area contributed by atoms with Crippen LogP contribution in [0.4, 0.5) is 5.69 Å². The van der Waals surface area contributed by atoms with E-state index in [2.05, 4.69) is 9.88 Å². The molecule has 0 bridgehead atoms. The first-order chi connectivity index (χ1) is 18.1. The molecule has 0 spiro atoms. The summed E-state index contributed by atoms with van der Waals surface area (Å²) >= 11 is 0. The number of carboxylic acid groups (broad SMARTS) is 1. The van der Waals surface area contributed by atoms with Gasteiger partial charge in [-0.25, -0.2) is 4.79 Å². The molecule has 1 aliphatic heterocycles. The van der Waals surface area contributed by atoms with Crippen LogP contribution in [-0.2, 0) is 6.61 Å². The minimum atomic E-state index is -0.945. The number of aromatic carboxylic acids is 1. The molecule has 0 unspecified atom stereocenters. The molecule has 1 fully saturated rings. The van der Waals surface area contributed by atoms with Crippen LogP contribution in [0.5, 0.6) is 11.5 Å². The summed E-state index contributed by atoms with van der Waals surface area (Å²) in [5.74, 6) is 0.588. The van der Waals surface area contributed by atoms with Crippen LogP contribution in [0.1, 0.15) is 15.9 Å². The first kappa shape index (κ1) is 22.7. The third kappa shape index (κ3) is 4.71. The monoisotopic (exact) mass is 491 g/mol. The lowest BCUT2D eigenvalue weighted by Gasteiger charge is -2.41. The molecule has 5 aromatic rings. The molecule has 0 amide bonds. The van der Waals surface area contributed by atoms with Crippen molar-refractivity contribution in [2.45, 2.75) is 12.7 Å². The quantitative estimate of drug-likeness (QED) is 0.306. The first-order valence-corrected chi connectivity index (χ1v) is 12.1. The molecule has 1 N–H and O–H groups in total. The number of hydrogen-bond acceptors (Lipinski definition) is 5. The van der Waals surface area contributed by atoms with Crippen molar-refractivity contribution in [1.82, 2.24) is 9.55 Å². The number of nitrogens with zero attached hydrogens (tertiary/aromatic N) is 3. The van der Waals surface area contributed by atoms with Crippen molar-refractivity contribution in [1.29, 1.82) is 0 Å². The molecule has 3 heterocycles. The van der Waals surface area contributed by atoms with Crippen LogP contribution in [0.2, 0.25) is 0 Å². The second-order valence-electron chi connectivity index (χ2n) is 9.01. The van der Waals surface area contributed by atoms with E-state index in [4.69, 9.17) is 9.47 Å². The fourth-order valence-electron chi connectivity index (χ4n) is 4.58. The van der Waals surface area contributed by atoms with E-state index in [-0.39, 0.29) is 11.7 Å². The number of benzene rings is 3. The Hall–Kier alpha value is -4.78. The van der Waals surface area contributed by atoms with E-state index in [0.717, 1.165) is 33.7 Å². The lowest BCUT2D eigenvalue weighted by atomic mass is 10.1. The van der Waals surface area contributed by atoms with Gasteiger partial charge >= 0.3 is 5.97 Å². The second-order valence-corrected chi connectivity index (χ2v) is 9.01. The number of anilines is 1. The van der Waals surface area contributed by atoms with E-state index in [9.17, 15) is 9.90 Å². The summed E-state index contributed by atoms with van der Waals surface area (Å²) in [6.45, 7) is 1.80. The molecule has 7 heteroatoms. The SMILES string of the molecule is O=C(O)c1cccc(N2CC(Oc3ccc(COc4cnc5ccccc5c4)cc3)C2)c1-n1cccc1. The number of carboxylic acids is 1. The molecule has 6 rings (SSSR count). The van der Waals surface area contributed by atoms with Crippen molar-refractivity contribution in [2.75, 3.05) is 18.0 Å². The third-order valence-electron chi connectivity index (χ3n) is 6.49. The molecule has 0 aliphatic carbocycles. The van der Waals surface area contributed by atoms with Gasteiger partial charge in [0, 0.05) is 17.8 Å². The summed E-state index contributed by atoms with van der Waals surface area (Å²) in [6, 6.07) is 27.0. The zero-order chi connectivity index (χ0) is 25.2. The third-order valence-corrected chi connectivity index (χ3v) is 6.49. The minimum absolute atomic E-state index is 0.0248. The van der Waals surface area contributed by atoms with Crippen molar-refractivity contribution in [3.63, 3.8) is 0 Å². The lowest BCUT2D eigenvalue weighted by Crippen LogP contribution is -2.54. The van der Waals surface area contributed by atoms with Gasteiger partial charge in [-0.2, -0.15) is 0 Å². The highest BCUT2D eigenvalue weighted by Gasteiger charge is 2.31. The summed E-state index contributed by atoms with van der Waals surface area (Å²) in [5, 5.41) is 10.8. The standard InChI is InChI=1S/C30H25N3O4/c34-30(35)26-7-5-9-28(29(26)32-14-3-4-15-32)33-18-25(19-33)37-23-12-10-21(11-13-23)20-36-24-16-22-6-1-2-8-27(22)31-17-24/h1-17,25H,18-20H2,(H,34,35). The van der Waals surface area contributed by atoms with E-state index >= 15 is 0 Å². The van der Waals surface area contributed by atoms with E-state index < -0.39 is 5.97 Å². The van der Waals surface area contributed by atoms with Crippen LogP contribution in [0.25, 0.3) is 16.6 Å². The Labute approximate surface area is 214 Å². The van der Waals surface area contributed by atoms with Crippen LogP contribution in [-0.4, -0.2) is 39.8 Å². The fraction of sp³-hybridized carbons (Fsp3) is 0.133. The average molecular weight is 492 g/mol. The fourth-order valence-corrected chi connectivity index (χ4v) is 4.58. The molecule has 184 valence electrons. The van der Waals surface area contributed by atoms with Gasteiger partial charge in [0.1, 0.15) is 24.2 Å². The van der Waals surface area contributed by atoms with Crippen LogP contribution in [0.3, 0.4) is 0 Å². The summed E-state index contributed by atoms with van der Waals surface area (Å²) in [6.07, 6.45) is 5.49. The Morgan fingerprint density at radius 2 is 1.70 bits per heavy atom. The summed E-state index contributed by atoms with van der Waals surface area (Å²) in [5.41, 5.74) is 3.81. The van der Waals surface area contributed by atoms with Gasteiger partial charge in [0.2, 0.25) is 0 Å². The molecule has 2 aromatic heterocycles. The number of pyridine rings is 1. The molecule has 1 saturated heterocycles. The largest absolute Gasteiger partial charge is 0.487 e. The zero-order valence-corrected chi connectivity index (χ0v) is 20.0. The summed E-state index contributed by atoms with van der Waals surface area (Å²) in [4.78, 5) is 18.4. The number of para-hydroxylation sites is 2. The lowest BCUT2D eigenvalue weighted by molar-refractivity contribution is 0.0697. The van der Waals surface area contributed by atoms with Gasteiger partial charge in [0.05, 0.1) is 41.7 Å². The van der Waals surface area contributed by atoms with Crippen molar-refractivity contribution < 1.29 is 19.4 Å². The van der Waals surface area contributed by atoms with Crippen LogP contribution < -0.4 is 14.4 Å². The van der Waals surface area contributed by atoms with E-state index in [0.29, 0.717) is 25.4 Å². The number of carbonyl (C=O) groups is 1. The smallest absolute Gasteiger partial charge is 0.337 e. The number of fused-ring (bicyclic) bond motifs is 1. The Bertz CT molecular complexity index is 1540. The molecule has 1 aliphatic rings. The number of hydrogen-bond donors (Lipinski definition) is 1. The molecule has 7 nitrogen and oxygen atoms in total. The van der Waals surface area contributed by atoms with Crippen molar-refractivity contribution in [3.05, 3.63) is 115 Å². The molecule has 0 atom stereocenters. The number of aromatic nitrogens is 2. The maximum absolute atomic E-state index is 11.8. The normalized spacial score (nSPS) is 13.4. The van der Waals surface area contributed by atoms with Gasteiger partial charge in [0.15, 0.2) is 0 Å². The summed E-state index contributed by atoms with van der Waals surface area (Å²) < 4.78 is 13.9. The Morgan fingerprint density at radius 1 is 0.919 bits per heavy atom. The van der Waals surface area contributed by atoms with E-state index in [1.807, 2.05) is 89.8 Å². The molecule has 37 heavy (non-hydrogen) atoms. The van der Waals surface area contributed by atoms with Gasteiger partial charge in [-0.15, -0.1) is 0 Å². The molecule has 3 aromatic carbocycles. The van der Waals surface area contributed by atoms with Crippen molar-refractivity contribution >= 4 is 22.6 Å². The maximum atomic E-state index is 11.8. The minimum Gasteiger partial charge on any atom is -0.487 e. The maximum Gasteiger partial charge on any atom is 0.337 e. The van der Waals surface area contributed by atoms with Gasteiger partial charge in [-0.1, -0.05) is 36.4 Å². The second kappa shape index (κ2) is 9.70. The van der Waals surface area contributed by atoms with E-state index in [1.54, 1.807) is 18.3 Å². The van der Waals surface area contributed by atoms with E-state index in [1.165, 1.54) is 0 Å². The topological polar surface area (TPSA) is 76.8 Å². The van der Waals surface area contributed by atoms with Crippen LogP contribution in [0, 0.1) is 0 Å². The number of ether oxygens (including phenoxy) is 2. The van der Waals surface area contributed by atoms with Gasteiger partial charge in [-0.3, -0.25) is 4.98 Å². The Kier molecular flexibility index (Phi) is 5.94. The predicted octanol–water partition coefficient (Wildman–Crippen LogP) is 5.57. The summed E-state index contributed by atoms with van der Waals surface area (Å²) in [7, 11) is 0. The highest BCUT2D eigenvalue weighted by atomic mass is 16.5. The Morgan fingerprint density at radius 3 is 2.49 bits per heavy atom. The Balaban J connectivity index is 1.07.